The molecule has 1 aliphatic carbocycles. The number of benzene rings is 1. The van der Waals surface area contributed by atoms with Crippen molar-refractivity contribution in [1.82, 2.24) is 14.8 Å². The van der Waals surface area contributed by atoms with Gasteiger partial charge in [-0.05, 0) is 30.9 Å². The van der Waals surface area contributed by atoms with Crippen molar-refractivity contribution in [2.75, 3.05) is 25.8 Å². The summed E-state index contributed by atoms with van der Waals surface area (Å²) in [5.41, 5.74) is 1.75. The van der Waals surface area contributed by atoms with Crippen molar-refractivity contribution in [3.63, 3.8) is 0 Å². The molecule has 2 atom stereocenters. The Morgan fingerprint density at radius 2 is 2.15 bits per heavy atom. The molecule has 1 aromatic carbocycles. The average Bonchev–Trinajstić information content (AvgIpc) is 3.08. The van der Waals surface area contributed by atoms with E-state index in [0.717, 1.165) is 17.7 Å². The quantitative estimate of drug-likeness (QED) is 0.827. The number of anilines is 1. The van der Waals surface area contributed by atoms with Crippen molar-refractivity contribution < 1.29 is 14.3 Å². The van der Waals surface area contributed by atoms with E-state index in [9.17, 15) is 4.79 Å². The van der Waals surface area contributed by atoms with E-state index in [0.29, 0.717) is 29.0 Å². The minimum Gasteiger partial charge on any atom is -0.497 e. The van der Waals surface area contributed by atoms with Gasteiger partial charge in [0, 0.05) is 17.7 Å². The van der Waals surface area contributed by atoms with Crippen molar-refractivity contribution in [1.29, 1.82) is 0 Å². The van der Waals surface area contributed by atoms with Gasteiger partial charge in [0.2, 0.25) is 11.1 Å². The number of rotatable bonds is 4. The molecular weight excluding hydrogens is 352 g/mol. The van der Waals surface area contributed by atoms with Crippen molar-refractivity contribution in [3.8, 4) is 11.5 Å². The van der Waals surface area contributed by atoms with Crippen molar-refractivity contribution in [2.45, 2.75) is 24.0 Å². The number of aromatic nitrogens is 3. The minimum atomic E-state index is -0.339. The maximum atomic E-state index is 12.8. The zero-order valence-electron chi connectivity index (χ0n) is 14.9. The van der Waals surface area contributed by atoms with E-state index in [1.54, 1.807) is 18.9 Å². The van der Waals surface area contributed by atoms with E-state index < -0.39 is 0 Å². The SMILES string of the molecule is COc1ccc(OC)c([C@H]2[C@@H]3C(=O)CCC=C3Nc3nc(SC)nn32)c1. The highest BCUT2D eigenvalue weighted by molar-refractivity contribution is 7.98. The highest BCUT2D eigenvalue weighted by Crippen LogP contribution is 2.45. The first kappa shape index (κ1) is 17.0. The number of nitrogens with zero attached hydrogens (tertiary/aromatic N) is 3. The number of ether oxygens (including phenoxy) is 2. The number of fused-ring (bicyclic) bond motifs is 2. The summed E-state index contributed by atoms with van der Waals surface area (Å²) < 4.78 is 12.8. The first-order chi connectivity index (χ1) is 12.7. The first-order valence-electron chi connectivity index (χ1n) is 8.38. The maximum absolute atomic E-state index is 12.8. The van der Waals surface area contributed by atoms with Gasteiger partial charge in [-0.25, -0.2) is 4.68 Å². The minimum absolute atomic E-state index is 0.191. The lowest BCUT2D eigenvalue weighted by Gasteiger charge is -2.36. The second-order valence-electron chi connectivity index (χ2n) is 6.19. The molecule has 0 amide bonds. The Balaban J connectivity index is 1.94. The number of carbonyl (C=O) groups is 1. The Bertz CT molecular complexity index is 893. The van der Waals surface area contributed by atoms with Crippen molar-refractivity contribution in [2.24, 2.45) is 5.92 Å². The largest absolute Gasteiger partial charge is 0.497 e. The summed E-state index contributed by atoms with van der Waals surface area (Å²) in [5, 5.41) is 8.57. The predicted octanol–water partition coefficient (Wildman–Crippen LogP) is 2.90. The zero-order chi connectivity index (χ0) is 18.3. The fourth-order valence-electron chi connectivity index (χ4n) is 3.62. The predicted molar refractivity (Wildman–Crippen MR) is 98.9 cm³/mol. The summed E-state index contributed by atoms with van der Waals surface area (Å²) in [7, 11) is 3.25. The van der Waals surface area contributed by atoms with Gasteiger partial charge in [0.15, 0.2) is 0 Å². The second kappa shape index (κ2) is 6.68. The standard InChI is InChI=1S/C18H20N4O3S/c1-24-10-7-8-14(25-2)11(9-10)16-15-12(5-4-6-13(15)23)19-17-20-18(26-3)21-22(16)17/h5,7-9,15-16H,4,6H2,1-3H3,(H,19,20,21)/t15-,16-/m0/s1. The molecule has 136 valence electrons. The van der Waals surface area contributed by atoms with Crippen LogP contribution in [0.25, 0.3) is 0 Å². The molecule has 1 N–H and O–H groups in total. The van der Waals surface area contributed by atoms with E-state index in [1.165, 1.54) is 11.8 Å². The summed E-state index contributed by atoms with van der Waals surface area (Å²) in [4.78, 5) is 17.4. The van der Waals surface area contributed by atoms with Crippen LogP contribution >= 0.6 is 11.8 Å². The van der Waals surface area contributed by atoms with E-state index >= 15 is 0 Å². The average molecular weight is 372 g/mol. The molecule has 1 aromatic heterocycles. The molecule has 0 fully saturated rings. The summed E-state index contributed by atoms with van der Waals surface area (Å²) >= 11 is 1.47. The van der Waals surface area contributed by atoms with Crippen LogP contribution < -0.4 is 14.8 Å². The van der Waals surface area contributed by atoms with Gasteiger partial charge in [0.05, 0.1) is 26.2 Å². The Morgan fingerprint density at radius 3 is 2.88 bits per heavy atom. The van der Waals surface area contributed by atoms with Crippen LogP contribution in [0.15, 0.2) is 35.1 Å². The van der Waals surface area contributed by atoms with Crippen molar-refractivity contribution in [3.05, 3.63) is 35.5 Å². The monoisotopic (exact) mass is 372 g/mol. The molecule has 2 aromatic rings. The van der Waals surface area contributed by atoms with Gasteiger partial charge >= 0.3 is 0 Å². The Labute approximate surface area is 155 Å². The van der Waals surface area contributed by atoms with Crippen LogP contribution in [0.3, 0.4) is 0 Å². The third kappa shape index (κ3) is 2.65. The smallest absolute Gasteiger partial charge is 0.227 e. The van der Waals surface area contributed by atoms with E-state index in [4.69, 9.17) is 9.47 Å². The number of methoxy groups -OCH3 is 2. The number of ketones is 1. The van der Waals surface area contributed by atoms with Crippen LogP contribution in [0.2, 0.25) is 0 Å². The molecule has 2 aliphatic rings. The topological polar surface area (TPSA) is 78.3 Å². The molecule has 7 nitrogen and oxygen atoms in total. The third-order valence-electron chi connectivity index (χ3n) is 4.82. The van der Waals surface area contributed by atoms with E-state index in [2.05, 4.69) is 21.5 Å². The van der Waals surface area contributed by atoms with E-state index in [-0.39, 0.29) is 17.7 Å². The lowest BCUT2D eigenvalue weighted by Crippen LogP contribution is -2.39. The highest BCUT2D eigenvalue weighted by atomic mass is 32.2. The van der Waals surface area contributed by atoms with Gasteiger partial charge in [-0.1, -0.05) is 17.8 Å². The molecule has 26 heavy (non-hydrogen) atoms. The van der Waals surface area contributed by atoms with Crippen LogP contribution in [-0.4, -0.2) is 41.0 Å². The number of carbonyl (C=O) groups excluding carboxylic acids is 1. The first-order valence-corrected chi connectivity index (χ1v) is 9.61. The Morgan fingerprint density at radius 1 is 1.31 bits per heavy atom. The molecule has 0 bridgehead atoms. The molecule has 4 rings (SSSR count). The summed E-state index contributed by atoms with van der Waals surface area (Å²) in [6.45, 7) is 0. The van der Waals surface area contributed by atoms with Crippen LogP contribution in [0.4, 0.5) is 5.95 Å². The van der Waals surface area contributed by atoms with Gasteiger partial charge in [0.1, 0.15) is 17.3 Å². The molecule has 0 unspecified atom stereocenters. The molecule has 1 aliphatic heterocycles. The highest BCUT2D eigenvalue weighted by Gasteiger charge is 2.42. The number of thioether (sulfide) groups is 1. The number of Topliss-reactive ketones (excluding diaryl/α,β-unsaturated/α-hetero) is 1. The molecule has 2 heterocycles. The number of nitrogens with one attached hydrogen (secondary N) is 1. The fraction of sp³-hybridized carbons (Fsp3) is 0.389. The molecule has 0 radical (unpaired) electrons. The summed E-state index contributed by atoms with van der Waals surface area (Å²) in [6.07, 6.45) is 5.28. The van der Waals surface area contributed by atoms with Crippen LogP contribution in [0.5, 0.6) is 11.5 Å². The van der Waals surface area contributed by atoms with Crippen molar-refractivity contribution >= 4 is 23.5 Å². The molecule has 0 saturated heterocycles. The van der Waals surface area contributed by atoms with Gasteiger partial charge in [-0.15, -0.1) is 5.10 Å². The number of hydrogen-bond acceptors (Lipinski definition) is 7. The van der Waals surface area contributed by atoms with Gasteiger partial charge in [-0.2, -0.15) is 4.98 Å². The van der Waals surface area contributed by atoms with Crippen LogP contribution in [-0.2, 0) is 4.79 Å². The van der Waals surface area contributed by atoms with Gasteiger partial charge in [-0.3, -0.25) is 4.79 Å². The molecular formula is C18H20N4O3S. The van der Waals surface area contributed by atoms with Crippen LogP contribution in [0.1, 0.15) is 24.4 Å². The van der Waals surface area contributed by atoms with Crippen LogP contribution in [0, 0.1) is 5.92 Å². The molecule has 0 saturated carbocycles. The second-order valence-corrected chi connectivity index (χ2v) is 6.96. The van der Waals surface area contributed by atoms with Gasteiger partial charge < -0.3 is 14.8 Å². The number of hydrogen-bond donors (Lipinski definition) is 1. The number of allylic oxidation sites excluding steroid dienone is 2. The maximum Gasteiger partial charge on any atom is 0.227 e. The Kier molecular flexibility index (Phi) is 4.36. The fourth-order valence-corrected chi connectivity index (χ4v) is 3.97. The lowest BCUT2D eigenvalue weighted by atomic mass is 9.80. The molecule has 0 spiro atoms. The van der Waals surface area contributed by atoms with E-state index in [1.807, 2.05) is 24.5 Å². The normalized spacial score (nSPS) is 21.3. The summed E-state index contributed by atoms with van der Waals surface area (Å²) in [6, 6.07) is 5.29. The van der Waals surface area contributed by atoms with Gasteiger partial charge in [0.25, 0.3) is 0 Å². The zero-order valence-corrected chi connectivity index (χ0v) is 15.7. The summed E-state index contributed by atoms with van der Waals surface area (Å²) in [5.74, 6) is 1.90. The lowest BCUT2D eigenvalue weighted by molar-refractivity contribution is -0.123. The third-order valence-corrected chi connectivity index (χ3v) is 5.36. The Hall–Kier alpha value is -2.48. The molecule has 8 heteroatoms.